The van der Waals surface area contributed by atoms with Crippen molar-refractivity contribution in [1.29, 1.82) is 0 Å². The van der Waals surface area contributed by atoms with Gasteiger partial charge in [0.15, 0.2) is 5.11 Å². The Labute approximate surface area is 172 Å². The van der Waals surface area contributed by atoms with E-state index in [9.17, 15) is 14.9 Å². The molecule has 0 radical (unpaired) electrons. The van der Waals surface area contributed by atoms with Crippen molar-refractivity contribution in [3.05, 3.63) is 74.8 Å². The number of nitrogens with zero attached hydrogens (tertiary/aromatic N) is 3. The largest absolute Gasteiger partial charge is 0.342 e. The number of nitro benzene ring substituents is 1. The summed E-state index contributed by atoms with van der Waals surface area (Å²) >= 11 is 5.54. The molecule has 0 atom stereocenters. The molecule has 0 saturated heterocycles. The molecule has 3 rings (SSSR count). The molecule has 0 saturated carbocycles. The van der Waals surface area contributed by atoms with Gasteiger partial charge in [-0.2, -0.15) is 0 Å². The maximum absolute atomic E-state index is 12.3. The number of aromatic nitrogens is 2. The van der Waals surface area contributed by atoms with Crippen LogP contribution in [0.2, 0.25) is 0 Å². The molecule has 0 fully saturated rings. The Balaban J connectivity index is 1.79. The zero-order chi connectivity index (χ0) is 20.8. The van der Waals surface area contributed by atoms with Crippen molar-refractivity contribution in [1.82, 2.24) is 14.9 Å². The molecule has 1 heterocycles. The number of para-hydroxylation sites is 1. The van der Waals surface area contributed by atoms with Gasteiger partial charge in [0.05, 0.1) is 22.4 Å². The van der Waals surface area contributed by atoms with Crippen LogP contribution in [0.25, 0.3) is 10.9 Å². The molecule has 9 heteroatoms. The van der Waals surface area contributed by atoms with Crippen molar-refractivity contribution in [3.8, 4) is 0 Å². The zero-order valence-electron chi connectivity index (χ0n) is 15.9. The van der Waals surface area contributed by atoms with Crippen LogP contribution in [0.5, 0.6) is 0 Å². The van der Waals surface area contributed by atoms with Crippen molar-refractivity contribution in [3.63, 3.8) is 0 Å². The molecule has 2 N–H and O–H groups in total. The SMILES string of the molecule is CCCCN(Cc1nc2ccccc2c(=O)[nH]1)C(=S)Nc1ccc([N+](=O)[O-])cc1. The van der Waals surface area contributed by atoms with E-state index in [4.69, 9.17) is 12.2 Å². The third-order valence-electron chi connectivity index (χ3n) is 4.40. The number of rotatable bonds is 7. The van der Waals surface area contributed by atoms with Crippen molar-refractivity contribution in [2.45, 2.75) is 26.3 Å². The number of fused-ring (bicyclic) bond motifs is 1. The minimum Gasteiger partial charge on any atom is -0.342 e. The van der Waals surface area contributed by atoms with E-state index in [1.54, 1.807) is 30.3 Å². The standard InChI is InChI=1S/C20H21N5O3S/c1-2-3-12-24(20(29)21-14-8-10-15(11-9-14)25(27)28)13-18-22-17-7-5-4-6-16(17)19(26)23-18/h4-11H,2-3,12-13H2,1H3,(H,21,29)(H,22,23,26). The Hall–Kier alpha value is -3.33. The summed E-state index contributed by atoms with van der Waals surface area (Å²) in [6.07, 6.45) is 1.90. The van der Waals surface area contributed by atoms with Crippen LogP contribution >= 0.6 is 12.2 Å². The number of unbranched alkanes of at least 4 members (excludes halogenated alkanes) is 1. The maximum Gasteiger partial charge on any atom is 0.269 e. The number of aromatic amines is 1. The molecule has 2 aromatic carbocycles. The number of benzene rings is 2. The van der Waals surface area contributed by atoms with E-state index < -0.39 is 4.92 Å². The van der Waals surface area contributed by atoms with E-state index in [-0.39, 0.29) is 11.2 Å². The maximum atomic E-state index is 12.3. The predicted octanol–water partition coefficient (Wildman–Crippen LogP) is 3.83. The third-order valence-corrected chi connectivity index (χ3v) is 4.76. The second-order valence-corrected chi connectivity index (χ2v) is 6.93. The molecule has 1 aromatic heterocycles. The van der Waals surface area contributed by atoms with Crippen LogP contribution in [-0.2, 0) is 6.54 Å². The summed E-state index contributed by atoms with van der Waals surface area (Å²) in [6, 6.07) is 13.2. The lowest BCUT2D eigenvalue weighted by Gasteiger charge is -2.25. The molecular weight excluding hydrogens is 390 g/mol. The summed E-state index contributed by atoms with van der Waals surface area (Å²) in [5.74, 6) is 0.526. The van der Waals surface area contributed by atoms with E-state index in [0.717, 1.165) is 12.8 Å². The third kappa shape index (κ3) is 5.14. The second-order valence-electron chi connectivity index (χ2n) is 6.54. The van der Waals surface area contributed by atoms with Crippen LogP contribution in [0, 0.1) is 10.1 Å². The number of nitro groups is 1. The van der Waals surface area contributed by atoms with Gasteiger partial charge in [-0.25, -0.2) is 4.98 Å². The first kappa shape index (κ1) is 20.4. The lowest BCUT2D eigenvalue weighted by atomic mass is 10.2. The normalized spacial score (nSPS) is 10.7. The fourth-order valence-corrected chi connectivity index (χ4v) is 3.13. The van der Waals surface area contributed by atoms with Crippen LogP contribution in [-0.4, -0.2) is 31.4 Å². The molecule has 3 aromatic rings. The minimum atomic E-state index is -0.447. The molecule has 29 heavy (non-hydrogen) atoms. The van der Waals surface area contributed by atoms with Crippen LogP contribution in [0.1, 0.15) is 25.6 Å². The lowest BCUT2D eigenvalue weighted by molar-refractivity contribution is -0.384. The minimum absolute atomic E-state index is 0.0160. The number of hydrogen-bond donors (Lipinski definition) is 2. The zero-order valence-corrected chi connectivity index (χ0v) is 16.7. The topological polar surface area (TPSA) is 104 Å². The quantitative estimate of drug-likeness (QED) is 0.346. The average molecular weight is 411 g/mol. The van der Waals surface area contributed by atoms with Crippen molar-refractivity contribution < 1.29 is 4.92 Å². The van der Waals surface area contributed by atoms with E-state index >= 15 is 0 Å². The fraction of sp³-hybridized carbons (Fsp3) is 0.250. The molecule has 8 nitrogen and oxygen atoms in total. The van der Waals surface area contributed by atoms with Crippen LogP contribution in [0.3, 0.4) is 0 Å². The molecule has 150 valence electrons. The number of non-ortho nitro benzene ring substituents is 1. The highest BCUT2D eigenvalue weighted by molar-refractivity contribution is 7.80. The van der Waals surface area contributed by atoms with Gasteiger partial charge in [-0.05, 0) is 42.9 Å². The van der Waals surface area contributed by atoms with Gasteiger partial charge in [-0.3, -0.25) is 14.9 Å². The van der Waals surface area contributed by atoms with Gasteiger partial charge in [0.2, 0.25) is 0 Å². The Bertz CT molecular complexity index is 1080. The Morgan fingerprint density at radius 3 is 2.66 bits per heavy atom. The smallest absolute Gasteiger partial charge is 0.269 e. The van der Waals surface area contributed by atoms with Crippen LogP contribution < -0.4 is 10.9 Å². The molecule has 0 aliphatic heterocycles. The number of anilines is 1. The molecule has 0 unspecified atom stereocenters. The molecule has 0 aliphatic carbocycles. The van der Waals surface area contributed by atoms with E-state index in [0.29, 0.717) is 40.6 Å². The lowest BCUT2D eigenvalue weighted by Crippen LogP contribution is -2.36. The molecule has 0 aliphatic rings. The molecule has 0 bridgehead atoms. The highest BCUT2D eigenvalue weighted by Crippen LogP contribution is 2.16. The van der Waals surface area contributed by atoms with E-state index in [2.05, 4.69) is 22.2 Å². The Morgan fingerprint density at radius 2 is 1.97 bits per heavy atom. The van der Waals surface area contributed by atoms with Gasteiger partial charge in [-0.1, -0.05) is 25.5 Å². The first-order chi connectivity index (χ1) is 14.0. The highest BCUT2D eigenvalue weighted by atomic mass is 32.1. The van der Waals surface area contributed by atoms with Gasteiger partial charge >= 0.3 is 0 Å². The first-order valence-electron chi connectivity index (χ1n) is 9.26. The number of thiocarbonyl (C=S) groups is 1. The Kier molecular flexibility index (Phi) is 6.50. The van der Waals surface area contributed by atoms with Gasteiger partial charge in [0.1, 0.15) is 5.82 Å². The second kappa shape index (κ2) is 9.24. The summed E-state index contributed by atoms with van der Waals surface area (Å²) in [5, 5.41) is 14.9. The van der Waals surface area contributed by atoms with Crippen molar-refractivity contribution >= 4 is 39.6 Å². The Morgan fingerprint density at radius 1 is 1.24 bits per heavy atom. The fourth-order valence-electron chi connectivity index (χ4n) is 2.86. The summed E-state index contributed by atoms with van der Waals surface area (Å²) in [4.78, 5) is 32.0. The summed E-state index contributed by atoms with van der Waals surface area (Å²) in [6.45, 7) is 3.12. The summed E-state index contributed by atoms with van der Waals surface area (Å²) in [5.41, 5.74) is 1.12. The van der Waals surface area contributed by atoms with Gasteiger partial charge < -0.3 is 15.2 Å². The summed E-state index contributed by atoms with van der Waals surface area (Å²) in [7, 11) is 0. The van der Waals surface area contributed by atoms with Crippen LogP contribution in [0.15, 0.2) is 53.3 Å². The summed E-state index contributed by atoms with van der Waals surface area (Å²) < 4.78 is 0. The van der Waals surface area contributed by atoms with Crippen molar-refractivity contribution in [2.75, 3.05) is 11.9 Å². The number of nitrogens with one attached hydrogen (secondary N) is 2. The van der Waals surface area contributed by atoms with E-state index in [1.165, 1.54) is 12.1 Å². The highest BCUT2D eigenvalue weighted by Gasteiger charge is 2.14. The van der Waals surface area contributed by atoms with Crippen molar-refractivity contribution in [2.24, 2.45) is 0 Å². The van der Waals surface area contributed by atoms with Crippen LogP contribution in [0.4, 0.5) is 11.4 Å². The monoisotopic (exact) mass is 411 g/mol. The first-order valence-corrected chi connectivity index (χ1v) is 9.67. The predicted molar refractivity (Wildman–Crippen MR) is 117 cm³/mol. The van der Waals surface area contributed by atoms with Gasteiger partial charge in [-0.15, -0.1) is 0 Å². The number of H-pyrrole nitrogens is 1. The number of hydrogen-bond acceptors (Lipinski definition) is 5. The average Bonchev–Trinajstić information content (AvgIpc) is 2.71. The molecular formula is C20H21N5O3S. The van der Waals surface area contributed by atoms with Gasteiger partial charge in [0.25, 0.3) is 11.2 Å². The molecule has 0 spiro atoms. The molecule has 0 amide bonds. The van der Waals surface area contributed by atoms with E-state index in [1.807, 2.05) is 11.0 Å². The van der Waals surface area contributed by atoms with Gasteiger partial charge in [0, 0.05) is 24.4 Å².